The Balaban J connectivity index is 1.44. The van der Waals surface area contributed by atoms with Gasteiger partial charge in [0.2, 0.25) is 6.10 Å². The van der Waals surface area contributed by atoms with Gasteiger partial charge in [-0.3, -0.25) is 4.79 Å². The molecule has 3 heterocycles. The van der Waals surface area contributed by atoms with Crippen LogP contribution in [0.3, 0.4) is 0 Å². The quantitative estimate of drug-likeness (QED) is 0.375. The molecule has 0 radical (unpaired) electrons. The molecule has 168 valence electrons. The second-order valence-electron chi connectivity index (χ2n) is 8.29. The second kappa shape index (κ2) is 9.65. The van der Waals surface area contributed by atoms with Gasteiger partial charge in [-0.15, -0.1) is 11.3 Å². The topological polar surface area (TPSA) is 80.8 Å². The van der Waals surface area contributed by atoms with Crippen LogP contribution >= 0.6 is 11.3 Å². The second-order valence-corrected chi connectivity index (χ2v) is 9.17. The molecule has 1 aliphatic heterocycles. The lowest BCUT2D eigenvalue weighted by molar-refractivity contribution is -0.143. The van der Waals surface area contributed by atoms with Crippen LogP contribution in [-0.4, -0.2) is 45.9 Å². The molecule has 0 aliphatic carbocycles. The molecular formula is C24H28N4O3S. The van der Waals surface area contributed by atoms with E-state index in [4.69, 9.17) is 14.3 Å². The van der Waals surface area contributed by atoms with Crippen LogP contribution in [0.25, 0.3) is 22.5 Å². The van der Waals surface area contributed by atoms with E-state index in [1.807, 2.05) is 56.0 Å². The summed E-state index contributed by atoms with van der Waals surface area (Å²) in [6.45, 7) is 8.75. The molecule has 0 bridgehead atoms. The van der Waals surface area contributed by atoms with Crippen molar-refractivity contribution in [3.8, 4) is 22.5 Å². The minimum atomic E-state index is -0.569. The molecule has 8 heteroatoms. The van der Waals surface area contributed by atoms with Gasteiger partial charge in [-0.2, -0.15) is 0 Å². The average molecular weight is 453 g/mol. The highest BCUT2D eigenvalue weighted by Crippen LogP contribution is 2.38. The lowest BCUT2D eigenvalue weighted by Gasteiger charge is -2.32. The predicted molar refractivity (Wildman–Crippen MR) is 126 cm³/mol. The highest BCUT2D eigenvalue weighted by atomic mass is 32.1. The van der Waals surface area contributed by atoms with E-state index in [0.717, 1.165) is 51.8 Å². The molecule has 1 aromatic carbocycles. The molecule has 1 amide bonds. The fourth-order valence-corrected chi connectivity index (χ4v) is 4.87. The van der Waals surface area contributed by atoms with Crippen LogP contribution in [0, 0.1) is 6.92 Å². The summed E-state index contributed by atoms with van der Waals surface area (Å²) in [5.41, 5.74) is 4.47. The number of carbonyl (C=O) groups excluding carboxylic acids is 1. The zero-order chi connectivity index (χ0) is 22.7. The van der Waals surface area contributed by atoms with Gasteiger partial charge in [0.25, 0.3) is 5.91 Å². The van der Waals surface area contributed by atoms with Gasteiger partial charge in [-0.1, -0.05) is 40.6 Å². The van der Waals surface area contributed by atoms with E-state index >= 15 is 0 Å². The zero-order valence-electron chi connectivity index (χ0n) is 18.9. The van der Waals surface area contributed by atoms with Crippen molar-refractivity contribution < 1.29 is 14.2 Å². The average Bonchev–Trinajstić information content (AvgIpc) is 3.44. The Morgan fingerprint density at radius 3 is 2.66 bits per heavy atom. The fourth-order valence-electron chi connectivity index (χ4n) is 3.89. The monoisotopic (exact) mass is 452 g/mol. The molecule has 4 rings (SSSR count). The van der Waals surface area contributed by atoms with Crippen LogP contribution in [0.15, 0.2) is 45.4 Å². The molecule has 0 spiro atoms. The van der Waals surface area contributed by atoms with E-state index in [1.54, 1.807) is 18.3 Å². The zero-order valence-corrected chi connectivity index (χ0v) is 19.7. The van der Waals surface area contributed by atoms with E-state index in [0.29, 0.717) is 19.0 Å². The maximum Gasteiger partial charge on any atom is 0.266 e. The summed E-state index contributed by atoms with van der Waals surface area (Å²) in [6.07, 6.45) is 1.20. The lowest BCUT2D eigenvalue weighted by Crippen LogP contribution is -2.43. The summed E-state index contributed by atoms with van der Waals surface area (Å²) in [5, 5.41) is 11.4. The Labute approximate surface area is 192 Å². The third kappa shape index (κ3) is 4.75. The highest BCUT2D eigenvalue weighted by molar-refractivity contribution is 7.10. The number of likely N-dealkylation sites (tertiary alicyclic amines) is 1. The smallest absolute Gasteiger partial charge is 0.266 e. The Hall–Kier alpha value is -3.00. The standard InChI is InChI=1S/C24H28N4O3S/c1-15(2)26-31-17(4)24(29)28-12-10-19(11-13-28)23-25-20(14-32-23)21-16(3)30-27-22(21)18-8-6-5-7-9-18/h5-9,14,17,19H,10-13H2,1-4H3. The normalized spacial score (nSPS) is 15.4. The third-order valence-electron chi connectivity index (χ3n) is 5.59. The summed E-state index contributed by atoms with van der Waals surface area (Å²) in [4.78, 5) is 24.7. The Morgan fingerprint density at radius 1 is 1.25 bits per heavy atom. The fraction of sp³-hybridized carbons (Fsp3) is 0.417. The number of carbonyl (C=O) groups is 1. The van der Waals surface area contributed by atoms with Gasteiger partial charge in [0.1, 0.15) is 11.5 Å². The first kappa shape index (κ1) is 22.2. The van der Waals surface area contributed by atoms with Crippen molar-refractivity contribution in [2.24, 2.45) is 5.16 Å². The van der Waals surface area contributed by atoms with E-state index in [9.17, 15) is 4.79 Å². The highest BCUT2D eigenvalue weighted by Gasteiger charge is 2.29. The number of benzene rings is 1. The third-order valence-corrected chi connectivity index (χ3v) is 6.59. The Morgan fingerprint density at radius 2 is 1.97 bits per heavy atom. The van der Waals surface area contributed by atoms with Crippen LogP contribution < -0.4 is 0 Å². The largest absolute Gasteiger partial charge is 0.383 e. The molecule has 0 saturated carbocycles. The van der Waals surface area contributed by atoms with Gasteiger partial charge in [0.15, 0.2) is 0 Å². The minimum absolute atomic E-state index is 0.0131. The summed E-state index contributed by atoms with van der Waals surface area (Å²) < 4.78 is 5.51. The van der Waals surface area contributed by atoms with E-state index in [1.165, 1.54) is 0 Å². The number of hydrogen-bond donors (Lipinski definition) is 0. The molecule has 32 heavy (non-hydrogen) atoms. The van der Waals surface area contributed by atoms with Crippen molar-refractivity contribution in [3.05, 3.63) is 46.5 Å². The molecule has 3 aromatic rings. The SMILES string of the molecule is CC(C)=NOC(C)C(=O)N1CCC(c2nc(-c3c(-c4ccccc4)noc3C)cs2)CC1. The number of piperidine rings is 1. The van der Waals surface area contributed by atoms with Crippen LogP contribution in [0.1, 0.15) is 50.3 Å². The van der Waals surface area contributed by atoms with Crippen molar-refractivity contribution in [2.45, 2.75) is 52.6 Å². The van der Waals surface area contributed by atoms with Crippen LogP contribution in [0.4, 0.5) is 0 Å². The molecule has 1 fully saturated rings. The maximum absolute atomic E-state index is 12.6. The number of aryl methyl sites for hydroxylation is 1. The van der Waals surface area contributed by atoms with Gasteiger partial charge in [-0.25, -0.2) is 4.98 Å². The van der Waals surface area contributed by atoms with E-state index in [-0.39, 0.29) is 5.91 Å². The number of hydrogen-bond acceptors (Lipinski definition) is 7. The number of aromatic nitrogens is 2. The molecular weight excluding hydrogens is 424 g/mol. The first-order chi connectivity index (χ1) is 15.4. The summed E-state index contributed by atoms with van der Waals surface area (Å²) in [7, 11) is 0. The molecule has 2 aromatic heterocycles. The Kier molecular flexibility index (Phi) is 6.69. The number of oxime groups is 1. The lowest BCUT2D eigenvalue weighted by atomic mass is 9.97. The molecule has 1 aliphatic rings. The number of rotatable bonds is 6. The van der Waals surface area contributed by atoms with Gasteiger partial charge in [-0.05, 0) is 40.5 Å². The summed E-state index contributed by atoms with van der Waals surface area (Å²) in [6, 6.07) is 10.0. The van der Waals surface area contributed by atoms with Crippen molar-refractivity contribution >= 4 is 23.0 Å². The van der Waals surface area contributed by atoms with Crippen molar-refractivity contribution in [1.29, 1.82) is 0 Å². The molecule has 1 unspecified atom stereocenters. The molecule has 1 atom stereocenters. The van der Waals surface area contributed by atoms with Gasteiger partial charge in [0, 0.05) is 30.0 Å². The summed E-state index contributed by atoms with van der Waals surface area (Å²) >= 11 is 1.67. The minimum Gasteiger partial charge on any atom is -0.383 e. The molecule has 1 saturated heterocycles. The predicted octanol–water partition coefficient (Wildman–Crippen LogP) is 5.28. The number of nitrogens with zero attached hydrogens (tertiary/aromatic N) is 4. The number of thiazole rings is 1. The first-order valence-corrected chi connectivity index (χ1v) is 11.7. The van der Waals surface area contributed by atoms with Crippen LogP contribution in [0.2, 0.25) is 0 Å². The van der Waals surface area contributed by atoms with E-state index < -0.39 is 6.10 Å². The van der Waals surface area contributed by atoms with Crippen molar-refractivity contribution in [3.63, 3.8) is 0 Å². The Bertz CT molecular complexity index is 1090. The van der Waals surface area contributed by atoms with Gasteiger partial charge >= 0.3 is 0 Å². The summed E-state index contributed by atoms with van der Waals surface area (Å²) in [5.74, 6) is 1.09. The maximum atomic E-state index is 12.6. The van der Waals surface area contributed by atoms with Gasteiger partial charge in [0.05, 0.1) is 22.0 Å². The first-order valence-electron chi connectivity index (χ1n) is 10.9. The van der Waals surface area contributed by atoms with E-state index in [2.05, 4.69) is 15.7 Å². The van der Waals surface area contributed by atoms with Crippen LogP contribution in [0.5, 0.6) is 0 Å². The molecule has 7 nitrogen and oxygen atoms in total. The number of amides is 1. The van der Waals surface area contributed by atoms with Crippen LogP contribution in [-0.2, 0) is 9.63 Å². The van der Waals surface area contributed by atoms with Gasteiger partial charge < -0.3 is 14.3 Å². The van der Waals surface area contributed by atoms with Crippen molar-refractivity contribution in [2.75, 3.05) is 13.1 Å². The molecule has 0 N–H and O–H groups in total. The van der Waals surface area contributed by atoms with Crippen molar-refractivity contribution in [1.82, 2.24) is 15.0 Å².